The van der Waals surface area contributed by atoms with Gasteiger partial charge in [-0.1, -0.05) is 29.3 Å². The minimum Gasteiger partial charge on any atom is -0.505 e. The number of hydrogen-bond acceptors (Lipinski definition) is 9. The van der Waals surface area contributed by atoms with Crippen LogP contribution in [0.15, 0.2) is 41.3 Å². The average molecular weight is 735 g/mol. The standard InChI is InChI=1S/C32H28Cl2F3N7O6/c1-16-26-25(31(50-16)6-8-42(9-7-31)28(47)19-13-23(34)38-14-22(19)45)29(48)44-30(40-27(41-44)17-4-10-49-11-5-17)43(26)15-24(46)39-21-3-2-18(12-20(21)33)32(35,36)37/h2-4,12-14,16,45H,5-11,15H2,1H3,(H,39,46)/t16-/m1/s1. The normalized spacial score (nSPS) is 18.7. The largest absolute Gasteiger partial charge is 0.505 e. The highest BCUT2D eigenvalue weighted by atomic mass is 35.5. The van der Waals surface area contributed by atoms with Crippen molar-refractivity contribution in [2.75, 3.05) is 31.6 Å². The van der Waals surface area contributed by atoms with Gasteiger partial charge in [-0.2, -0.15) is 22.7 Å². The van der Waals surface area contributed by atoms with Crippen molar-refractivity contribution < 1.29 is 37.3 Å². The fraction of sp³-hybridized carbons (Fsp3) is 0.375. The number of aromatic nitrogens is 5. The first-order valence-electron chi connectivity index (χ1n) is 15.5. The minimum absolute atomic E-state index is 0.0113. The summed E-state index contributed by atoms with van der Waals surface area (Å²) in [6, 6.07) is 3.88. The summed E-state index contributed by atoms with van der Waals surface area (Å²) >= 11 is 12.1. The van der Waals surface area contributed by atoms with E-state index in [1.54, 1.807) is 6.92 Å². The first kappa shape index (κ1) is 34.0. The number of pyridine rings is 1. The molecule has 262 valence electrons. The fourth-order valence-electron chi connectivity index (χ4n) is 6.73. The average Bonchev–Trinajstić information content (AvgIpc) is 3.65. The lowest BCUT2D eigenvalue weighted by Gasteiger charge is -2.39. The second-order valence-corrected chi connectivity index (χ2v) is 13.0. The zero-order valence-corrected chi connectivity index (χ0v) is 27.8. The van der Waals surface area contributed by atoms with Crippen LogP contribution in [0.3, 0.4) is 0 Å². The summed E-state index contributed by atoms with van der Waals surface area (Å²) in [5, 5.41) is 17.1. The van der Waals surface area contributed by atoms with Crippen LogP contribution in [0.1, 0.15) is 65.3 Å². The topological polar surface area (TPSA) is 153 Å². The van der Waals surface area contributed by atoms with Gasteiger partial charge in [0.05, 0.1) is 58.6 Å². The predicted molar refractivity (Wildman–Crippen MR) is 173 cm³/mol. The Bertz CT molecular complexity index is 2140. The summed E-state index contributed by atoms with van der Waals surface area (Å²) < 4.78 is 54.2. The molecule has 0 radical (unpaired) electrons. The number of piperidine rings is 1. The molecule has 1 aromatic carbocycles. The number of rotatable bonds is 5. The van der Waals surface area contributed by atoms with Crippen molar-refractivity contribution in [3.63, 3.8) is 0 Å². The number of hydrogen-bond donors (Lipinski definition) is 2. The van der Waals surface area contributed by atoms with Gasteiger partial charge in [0, 0.05) is 13.1 Å². The summed E-state index contributed by atoms with van der Waals surface area (Å²) in [6.07, 6.45) is -1.52. The number of halogens is 5. The zero-order chi connectivity index (χ0) is 35.5. The summed E-state index contributed by atoms with van der Waals surface area (Å²) in [7, 11) is 0. The number of anilines is 1. The Morgan fingerprint density at radius 2 is 1.94 bits per heavy atom. The molecule has 13 nitrogen and oxygen atoms in total. The molecular weight excluding hydrogens is 706 g/mol. The number of fused-ring (bicyclic) bond motifs is 3. The van der Waals surface area contributed by atoms with Crippen LogP contribution >= 0.6 is 23.2 Å². The van der Waals surface area contributed by atoms with E-state index >= 15 is 0 Å². The van der Waals surface area contributed by atoms with E-state index in [1.807, 2.05) is 6.08 Å². The molecule has 1 saturated heterocycles. The SMILES string of the molecule is C[C@H]1OC2(CCN(C(=O)c3cc(Cl)ncc3O)CC2)c2c1n(CC(=O)Nc1ccc(C(F)(F)F)cc1Cl)c1nc(C3=CCOCC3)nn1c2=O. The fourth-order valence-corrected chi connectivity index (χ4v) is 7.11. The van der Waals surface area contributed by atoms with Crippen LogP contribution in [0.2, 0.25) is 10.2 Å². The van der Waals surface area contributed by atoms with Crippen LogP contribution in [0, 0.1) is 0 Å². The minimum atomic E-state index is -4.62. The van der Waals surface area contributed by atoms with Gasteiger partial charge in [-0.05, 0) is 56.0 Å². The third-order valence-corrected chi connectivity index (χ3v) is 9.61. The molecule has 0 aliphatic carbocycles. The molecule has 18 heteroatoms. The van der Waals surface area contributed by atoms with Crippen molar-refractivity contribution >= 4 is 52.1 Å². The number of nitrogens with zero attached hydrogens (tertiary/aromatic N) is 6. The summed E-state index contributed by atoms with van der Waals surface area (Å²) in [4.78, 5) is 51.1. The summed E-state index contributed by atoms with van der Waals surface area (Å²) in [5.41, 5.74) is -1.26. The molecule has 0 saturated carbocycles. The van der Waals surface area contributed by atoms with E-state index < -0.39 is 47.4 Å². The molecule has 1 fully saturated rings. The lowest BCUT2D eigenvalue weighted by Crippen LogP contribution is -2.47. The number of ether oxygens (including phenoxy) is 2. The number of carbonyl (C=O) groups is 2. The maximum Gasteiger partial charge on any atom is 0.416 e. The van der Waals surface area contributed by atoms with Gasteiger partial charge < -0.3 is 29.4 Å². The second kappa shape index (κ2) is 12.7. The second-order valence-electron chi connectivity index (χ2n) is 12.2. The predicted octanol–water partition coefficient (Wildman–Crippen LogP) is 4.98. The van der Waals surface area contributed by atoms with Crippen LogP contribution in [0.4, 0.5) is 18.9 Å². The Kier molecular flexibility index (Phi) is 8.61. The van der Waals surface area contributed by atoms with E-state index in [1.165, 1.54) is 15.5 Å². The number of aromatic hydroxyl groups is 1. The first-order valence-corrected chi connectivity index (χ1v) is 16.3. The number of alkyl halides is 3. The van der Waals surface area contributed by atoms with E-state index in [9.17, 15) is 32.7 Å². The lowest BCUT2D eigenvalue weighted by molar-refractivity contribution is -0.137. The van der Waals surface area contributed by atoms with Gasteiger partial charge in [0.2, 0.25) is 11.7 Å². The van der Waals surface area contributed by atoms with E-state index in [-0.39, 0.29) is 70.3 Å². The first-order chi connectivity index (χ1) is 23.8. The molecule has 7 rings (SSSR count). The van der Waals surface area contributed by atoms with Crippen molar-refractivity contribution in [1.29, 1.82) is 0 Å². The van der Waals surface area contributed by atoms with Crippen molar-refractivity contribution in [2.45, 2.75) is 50.6 Å². The van der Waals surface area contributed by atoms with Crippen LogP contribution < -0.4 is 10.9 Å². The molecule has 50 heavy (non-hydrogen) atoms. The maximum absolute atomic E-state index is 14.3. The molecule has 3 aliphatic rings. The van der Waals surface area contributed by atoms with E-state index in [4.69, 9.17) is 32.7 Å². The molecule has 1 atom stereocenters. The Labute approximate surface area is 291 Å². The smallest absolute Gasteiger partial charge is 0.416 e. The molecule has 0 unspecified atom stereocenters. The number of nitrogens with one attached hydrogen (secondary N) is 1. The molecule has 3 aliphatic heterocycles. The maximum atomic E-state index is 14.3. The third-order valence-electron chi connectivity index (χ3n) is 9.09. The van der Waals surface area contributed by atoms with Crippen molar-refractivity contribution in [3.05, 3.63) is 85.3 Å². The number of benzene rings is 1. The molecule has 4 aromatic rings. The van der Waals surface area contributed by atoms with Gasteiger partial charge in [-0.3, -0.25) is 14.4 Å². The highest BCUT2D eigenvalue weighted by Crippen LogP contribution is 2.48. The van der Waals surface area contributed by atoms with Crippen molar-refractivity contribution in [3.8, 4) is 5.75 Å². The molecular formula is C32H28Cl2F3N7O6. The van der Waals surface area contributed by atoms with E-state index in [2.05, 4.69) is 20.4 Å². The van der Waals surface area contributed by atoms with Gasteiger partial charge in [-0.25, -0.2) is 4.98 Å². The van der Waals surface area contributed by atoms with Crippen LogP contribution in [-0.2, 0) is 32.6 Å². The Morgan fingerprint density at radius 3 is 2.62 bits per heavy atom. The molecule has 0 bridgehead atoms. The molecule has 2 N–H and O–H groups in total. The summed E-state index contributed by atoms with van der Waals surface area (Å²) in [5.74, 6) is -1.09. The summed E-state index contributed by atoms with van der Waals surface area (Å²) in [6.45, 7) is 2.41. The molecule has 3 aromatic heterocycles. The number of carbonyl (C=O) groups excluding carboxylic acids is 2. The van der Waals surface area contributed by atoms with Gasteiger partial charge in [-0.15, -0.1) is 5.10 Å². The highest BCUT2D eigenvalue weighted by Gasteiger charge is 2.50. The van der Waals surface area contributed by atoms with Gasteiger partial charge >= 0.3 is 6.18 Å². The Balaban J connectivity index is 1.26. The Morgan fingerprint density at radius 1 is 1.18 bits per heavy atom. The van der Waals surface area contributed by atoms with Crippen LogP contribution in [-0.4, -0.2) is 72.3 Å². The molecule has 6 heterocycles. The van der Waals surface area contributed by atoms with Crippen LogP contribution in [0.25, 0.3) is 11.4 Å². The zero-order valence-electron chi connectivity index (χ0n) is 26.3. The Hall–Kier alpha value is -4.51. The van der Waals surface area contributed by atoms with Crippen molar-refractivity contribution in [1.82, 2.24) is 29.0 Å². The third kappa shape index (κ3) is 5.99. The van der Waals surface area contributed by atoms with Gasteiger partial charge in [0.15, 0.2) is 5.82 Å². The monoisotopic (exact) mass is 733 g/mol. The highest BCUT2D eigenvalue weighted by molar-refractivity contribution is 6.33. The number of amides is 2. The molecule has 2 amide bonds. The van der Waals surface area contributed by atoms with Crippen molar-refractivity contribution in [2.24, 2.45) is 0 Å². The number of likely N-dealkylation sites (tertiary alicyclic amines) is 1. The quantitative estimate of drug-likeness (QED) is 0.271. The molecule has 1 spiro atoms. The van der Waals surface area contributed by atoms with Gasteiger partial charge in [0.1, 0.15) is 23.0 Å². The lowest BCUT2D eigenvalue weighted by atomic mass is 9.85. The van der Waals surface area contributed by atoms with Crippen LogP contribution in [0.5, 0.6) is 5.75 Å². The van der Waals surface area contributed by atoms with E-state index in [0.29, 0.717) is 25.3 Å². The van der Waals surface area contributed by atoms with E-state index in [0.717, 1.165) is 34.5 Å². The van der Waals surface area contributed by atoms with Gasteiger partial charge in [0.25, 0.3) is 11.5 Å².